The van der Waals surface area contributed by atoms with E-state index in [1.165, 1.54) is 50.3 Å². The van der Waals surface area contributed by atoms with Crippen LogP contribution in [0.2, 0.25) is 0 Å². The van der Waals surface area contributed by atoms with Gasteiger partial charge in [0.15, 0.2) is 0 Å². The van der Waals surface area contributed by atoms with Gasteiger partial charge in [0, 0.05) is 0 Å². The highest BCUT2D eigenvalue weighted by atomic mass is 32.2. The van der Waals surface area contributed by atoms with Crippen LogP contribution >= 0.6 is 11.8 Å². The van der Waals surface area contributed by atoms with E-state index in [1.54, 1.807) is 0 Å². The number of hydrogen-bond donors (Lipinski definition) is 1. The zero-order chi connectivity index (χ0) is 11.9. The van der Waals surface area contributed by atoms with Crippen molar-refractivity contribution in [3.8, 4) is 0 Å². The zero-order valence-corrected chi connectivity index (χ0v) is 10.9. The first kappa shape index (κ1) is 11.6. The summed E-state index contributed by atoms with van der Waals surface area (Å²) >= 11 is 1.43. The number of thioether (sulfide) groups is 1. The molecule has 0 heterocycles. The van der Waals surface area contributed by atoms with Gasteiger partial charge in [-0.05, 0) is 67.1 Å². The number of allylic oxidation sites excluding steroid dienone is 1. The maximum atomic E-state index is 10.5. The molecule has 4 fully saturated rings. The third kappa shape index (κ3) is 2.40. The van der Waals surface area contributed by atoms with Crippen LogP contribution in [0.4, 0.5) is 0 Å². The average Bonchev–Trinajstić information content (AvgIpc) is 2.22. The molecule has 3 heteroatoms. The third-order valence-electron chi connectivity index (χ3n) is 4.81. The van der Waals surface area contributed by atoms with Crippen LogP contribution in [0.15, 0.2) is 11.5 Å². The molecule has 17 heavy (non-hydrogen) atoms. The molecule has 0 unspecified atom stereocenters. The maximum Gasteiger partial charge on any atom is 0.313 e. The van der Waals surface area contributed by atoms with Crippen molar-refractivity contribution in [3.05, 3.63) is 11.5 Å². The van der Waals surface area contributed by atoms with E-state index in [0.29, 0.717) is 5.41 Å². The minimum absolute atomic E-state index is 0.197. The lowest BCUT2D eigenvalue weighted by Crippen LogP contribution is -2.44. The van der Waals surface area contributed by atoms with E-state index in [0.717, 1.165) is 17.8 Å². The van der Waals surface area contributed by atoms with Crippen LogP contribution in [-0.4, -0.2) is 16.8 Å². The molecule has 0 aromatic heterocycles. The standard InChI is InChI=1S/C14H20O2S/c15-13(16)9-17-2-1-14-6-10-3-11(7-14)5-12(4-10)8-14/h1-2,10-12H,3-9H2,(H,15,16)/b2-1-. The number of hydrogen-bond acceptors (Lipinski definition) is 2. The molecule has 4 aliphatic rings. The molecule has 4 aliphatic carbocycles. The molecular formula is C14H20O2S. The fourth-order valence-electron chi connectivity index (χ4n) is 4.69. The number of rotatable bonds is 4. The lowest BCUT2D eigenvalue weighted by Gasteiger charge is -2.55. The van der Waals surface area contributed by atoms with Crippen molar-refractivity contribution < 1.29 is 9.90 Å². The molecule has 0 atom stereocenters. The third-order valence-corrected chi connectivity index (χ3v) is 5.55. The molecule has 1 N–H and O–H groups in total. The second-order valence-corrected chi connectivity index (χ2v) is 7.18. The Hall–Kier alpha value is -0.440. The van der Waals surface area contributed by atoms with Crippen molar-refractivity contribution in [1.82, 2.24) is 0 Å². The molecule has 4 saturated carbocycles. The van der Waals surface area contributed by atoms with Crippen LogP contribution in [0, 0.1) is 23.2 Å². The smallest absolute Gasteiger partial charge is 0.313 e. The second kappa shape index (κ2) is 4.34. The van der Waals surface area contributed by atoms with Crippen molar-refractivity contribution in [2.45, 2.75) is 38.5 Å². The van der Waals surface area contributed by atoms with Gasteiger partial charge in [0.25, 0.3) is 0 Å². The summed E-state index contributed by atoms with van der Waals surface area (Å²) in [7, 11) is 0. The van der Waals surface area contributed by atoms with Gasteiger partial charge < -0.3 is 5.11 Å². The summed E-state index contributed by atoms with van der Waals surface area (Å²) in [6.07, 6.45) is 10.8. The van der Waals surface area contributed by atoms with Crippen LogP contribution in [0.25, 0.3) is 0 Å². The van der Waals surface area contributed by atoms with Gasteiger partial charge in [0.2, 0.25) is 0 Å². The predicted molar refractivity (Wildman–Crippen MR) is 69.8 cm³/mol. The molecule has 0 amide bonds. The lowest BCUT2D eigenvalue weighted by molar-refractivity contribution is -0.133. The normalized spacial score (nSPS) is 43.4. The maximum absolute atomic E-state index is 10.5. The van der Waals surface area contributed by atoms with Gasteiger partial charge in [0.05, 0.1) is 5.75 Å². The van der Waals surface area contributed by atoms with E-state index >= 15 is 0 Å². The summed E-state index contributed by atoms with van der Waals surface area (Å²) in [5.41, 5.74) is 0.445. The van der Waals surface area contributed by atoms with Crippen LogP contribution in [0.1, 0.15) is 38.5 Å². The molecule has 0 saturated heterocycles. The minimum atomic E-state index is -0.717. The molecule has 94 valence electrons. The fraction of sp³-hybridized carbons (Fsp3) is 0.786. The highest BCUT2D eigenvalue weighted by Crippen LogP contribution is 2.60. The summed E-state index contributed by atoms with van der Waals surface area (Å²) in [6.45, 7) is 0. The van der Waals surface area contributed by atoms with Crippen LogP contribution in [0.5, 0.6) is 0 Å². The van der Waals surface area contributed by atoms with Gasteiger partial charge >= 0.3 is 5.97 Å². The van der Waals surface area contributed by atoms with Gasteiger partial charge in [-0.3, -0.25) is 4.79 Å². The first-order chi connectivity index (χ1) is 8.15. The van der Waals surface area contributed by atoms with Crippen molar-refractivity contribution in [3.63, 3.8) is 0 Å². The number of aliphatic carboxylic acids is 1. The zero-order valence-electron chi connectivity index (χ0n) is 10.1. The van der Waals surface area contributed by atoms with E-state index in [2.05, 4.69) is 11.5 Å². The second-order valence-electron chi connectivity index (χ2n) is 6.29. The number of carboxylic acids is 1. The Bertz CT molecular complexity index is 313. The molecule has 0 radical (unpaired) electrons. The topological polar surface area (TPSA) is 37.3 Å². The Morgan fingerprint density at radius 2 is 1.71 bits per heavy atom. The Kier molecular flexibility index (Phi) is 2.97. The van der Waals surface area contributed by atoms with Gasteiger partial charge in [-0.25, -0.2) is 0 Å². The molecule has 0 spiro atoms. The summed E-state index contributed by atoms with van der Waals surface area (Å²) in [5.74, 6) is 2.38. The summed E-state index contributed by atoms with van der Waals surface area (Å²) in [6, 6.07) is 0. The van der Waals surface area contributed by atoms with E-state index in [4.69, 9.17) is 5.11 Å². The van der Waals surface area contributed by atoms with Crippen LogP contribution < -0.4 is 0 Å². The first-order valence-corrected chi connectivity index (χ1v) is 7.71. The molecule has 2 nitrogen and oxygen atoms in total. The van der Waals surface area contributed by atoms with Gasteiger partial charge in [-0.2, -0.15) is 0 Å². The Balaban J connectivity index is 1.64. The monoisotopic (exact) mass is 252 g/mol. The highest BCUT2D eigenvalue weighted by Gasteiger charge is 2.49. The Morgan fingerprint density at radius 3 is 2.18 bits per heavy atom. The molecular weight excluding hydrogens is 232 g/mol. The van der Waals surface area contributed by atoms with Gasteiger partial charge in [0.1, 0.15) is 0 Å². The quantitative estimate of drug-likeness (QED) is 0.831. The molecule has 0 aromatic carbocycles. The largest absolute Gasteiger partial charge is 0.481 e. The van der Waals surface area contributed by atoms with E-state index in [-0.39, 0.29) is 5.75 Å². The fourth-order valence-corrected chi connectivity index (χ4v) is 5.32. The van der Waals surface area contributed by atoms with Gasteiger partial charge in [-0.15, -0.1) is 11.8 Å². The summed E-state index contributed by atoms with van der Waals surface area (Å²) in [4.78, 5) is 10.5. The van der Waals surface area contributed by atoms with Crippen molar-refractivity contribution in [2.75, 3.05) is 5.75 Å². The van der Waals surface area contributed by atoms with Gasteiger partial charge in [-0.1, -0.05) is 6.08 Å². The van der Waals surface area contributed by atoms with E-state index < -0.39 is 5.97 Å². The number of carbonyl (C=O) groups is 1. The molecule has 0 aromatic rings. The Morgan fingerprint density at radius 1 is 1.18 bits per heavy atom. The first-order valence-electron chi connectivity index (χ1n) is 6.66. The lowest BCUT2D eigenvalue weighted by atomic mass is 9.50. The van der Waals surface area contributed by atoms with E-state index in [9.17, 15) is 4.79 Å². The minimum Gasteiger partial charge on any atom is -0.481 e. The number of carboxylic acid groups (broad SMARTS) is 1. The molecule has 4 rings (SSSR count). The SMILES string of the molecule is O=C(O)CS/C=C\C12CC3CC(CC(C3)C1)C2. The summed E-state index contributed by atoms with van der Waals surface area (Å²) in [5, 5.41) is 10.7. The van der Waals surface area contributed by atoms with E-state index in [1.807, 2.05) is 0 Å². The molecule has 0 aliphatic heterocycles. The predicted octanol–water partition coefficient (Wildman–Crippen LogP) is 3.53. The molecule has 4 bridgehead atoms. The Labute approximate surface area is 107 Å². The highest BCUT2D eigenvalue weighted by molar-refractivity contribution is 8.02. The van der Waals surface area contributed by atoms with Crippen molar-refractivity contribution >= 4 is 17.7 Å². The average molecular weight is 252 g/mol. The van der Waals surface area contributed by atoms with Crippen molar-refractivity contribution in [1.29, 1.82) is 0 Å². The summed E-state index contributed by atoms with van der Waals surface area (Å²) < 4.78 is 0. The van der Waals surface area contributed by atoms with Crippen LogP contribution in [0.3, 0.4) is 0 Å². The van der Waals surface area contributed by atoms with Crippen molar-refractivity contribution in [2.24, 2.45) is 23.2 Å². The van der Waals surface area contributed by atoms with Crippen LogP contribution in [-0.2, 0) is 4.79 Å².